The molecule has 0 bridgehead atoms. The second-order valence-corrected chi connectivity index (χ2v) is 7.83. The molecule has 0 heterocycles. The van der Waals surface area contributed by atoms with Gasteiger partial charge in [-0.2, -0.15) is 0 Å². The fourth-order valence-electron chi connectivity index (χ4n) is 2.21. The molecule has 0 aromatic heterocycles. The average molecular weight is 318 g/mol. The molecule has 2 rings (SSSR count). The van der Waals surface area contributed by atoms with Crippen molar-refractivity contribution in [1.29, 1.82) is 0 Å². The molecule has 2 aromatic carbocycles. The van der Waals surface area contributed by atoms with Crippen molar-refractivity contribution in [2.75, 3.05) is 12.4 Å². The summed E-state index contributed by atoms with van der Waals surface area (Å²) in [5.41, 5.74) is 2.02. The van der Waals surface area contributed by atoms with Gasteiger partial charge < -0.3 is 5.32 Å². The van der Waals surface area contributed by atoms with Gasteiger partial charge in [0, 0.05) is 23.8 Å². The van der Waals surface area contributed by atoms with Gasteiger partial charge in [0.25, 0.3) is 0 Å². The van der Waals surface area contributed by atoms with Gasteiger partial charge in [-0.05, 0) is 44.5 Å². The van der Waals surface area contributed by atoms with Crippen LogP contribution in [0, 0.1) is 0 Å². The summed E-state index contributed by atoms with van der Waals surface area (Å²) in [6, 6.07) is 14.7. The summed E-state index contributed by atoms with van der Waals surface area (Å²) in [6.45, 7) is 5.48. The molecule has 0 unspecified atom stereocenters. The first kappa shape index (κ1) is 16.5. The second kappa shape index (κ2) is 6.10. The lowest BCUT2D eigenvalue weighted by Gasteiger charge is -2.21. The predicted molar refractivity (Wildman–Crippen MR) is 91.5 cm³/mol. The van der Waals surface area contributed by atoms with E-state index in [-0.39, 0.29) is 0 Å². The van der Waals surface area contributed by atoms with E-state index < -0.39 is 15.6 Å². The average Bonchev–Trinajstić information content (AvgIpc) is 2.45. The minimum atomic E-state index is -3.58. The molecule has 0 amide bonds. The maximum atomic E-state index is 12.6. The van der Waals surface area contributed by atoms with E-state index in [2.05, 4.69) is 10.0 Å². The van der Waals surface area contributed by atoms with Crippen LogP contribution in [0.5, 0.6) is 0 Å². The summed E-state index contributed by atoms with van der Waals surface area (Å²) in [7, 11) is -1.73. The molecule has 0 aliphatic heterocycles. The maximum absolute atomic E-state index is 12.6. The lowest BCUT2D eigenvalue weighted by molar-refractivity contribution is 0.491. The minimum absolute atomic E-state index is 0.294. The number of anilines is 1. The van der Waals surface area contributed by atoms with Crippen LogP contribution in [0.25, 0.3) is 11.1 Å². The van der Waals surface area contributed by atoms with Crippen LogP contribution in [0.15, 0.2) is 53.4 Å². The monoisotopic (exact) mass is 318 g/mol. The molecule has 0 aliphatic rings. The van der Waals surface area contributed by atoms with E-state index in [1.807, 2.05) is 64.2 Å². The fraction of sp³-hybridized carbons (Fsp3) is 0.294. The zero-order valence-corrected chi connectivity index (χ0v) is 14.2. The molecular formula is C17H22N2O2S. The molecule has 22 heavy (non-hydrogen) atoms. The molecule has 0 spiro atoms. The Hall–Kier alpha value is -1.85. The van der Waals surface area contributed by atoms with Crippen LogP contribution in [-0.2, 0) is 10.0 Å². The first-order valence-electron chi connectivity index (χ1n) is 7.14. The normalized spacial score (nSPS) is 12.2. The van der Waals surface area contributed by atoms with Crippen molar-refractivity contribution in [3.8, 4) is 11.1 Å². The molecule has 0 radical (unpaired) electrons. The molecule has 4 nitrogen and oxygen atoms in total. The third-order valence-corrected chi connectivity index (χ3v) is 4.92. The van der Waals surface area contributed by atoms with Gasteiger partial charge in [-0.1, -0.05) is 30.3 Å². The smallest absolute Gasteiger partial charge is 0.241 e. The van der Waals surface area contributed by atoms with E-state index in [1.165, 1.54) is 0 Å². The molecule has 0 saturated carbocycles. The van der Waals surface area contributed by atoms with E-state index in [9.17, 15) is 8.42 Å². The molecule has 0 atom stereocenters. The zero-order chi connectivity index (χ0) is 16.4. The summed E-state index contributed by atoms with van der Waals surface area (Å²) >= 11 is 0. The largest absolute Gasteiger partial charge is 0.388 e. The van der Waals surface area contributed by atoms with Crippen molar-refractivity contribution < 1.29 is 8.42 Å². The van der Waals surface area contributed by atoms with Crippen LogP contribution in [0.1, 0.15) is 20.8 Å². The highest BCUT2D eigenvalue weighted by atomic mass is 32.2. The number of hydrogen-bond acceptors (Lipinski definition) is 3. The molecule has 2 aromatic rings. The SMILES string of the molecule is CNc1ccc(-c2ccccc2S(=O)(=O)NC(C)(C)C)cc1. The fourth-order valence-corrected chi connectivity index (χ4v) is 3.86. The maximum Gasteiger partial charge on any atom is 0.241 e. The third-order valence-electron chi connectivity index (χ3n) is 3.10. The summed E-state index contributed by atoms with van der Waals surface area (Å²) in [5, 5.41) is 3.05. The van der Waals surface area contributed by atoms with Gasteiger partial charge in [0.15, 0.2) is 0 Å². The Kier molecular flexibility index (Phi) is 4.58. The molecule has 0 saturated heterocycles. The van der Waals surface area contributed by atoms with Crippen LogP contribution in [-0.4, -0.2) is 21.0 Å². The van der Waals surface area contributed by atoms with Crippen molar-refractivity contribution in [1.82, 2.24) is 4.72 Å². The van der Waals surface area contributed by atoms with E-state index >= 15 is 0 Å². The Bertz CT molecular complexity index is 745. The Labute approximate surface area is 132 Å². The predicted octanol–water partition coefficient (Wildman–Crippen LogP) is 3.47. The van der Waals surface area contributed by atoms with Gasteiger partial charge >= 0.3 is 0 Å². The van der Waals surface area contributed by atoms with Crippen LogP contribution >= 0.6 is 0 Å². The van der Waals surface area contributed by atoms with E-state index in [0.717, 1.165) is 11.3 Å². The number of rotatable bonds is 4. The number of benzene rings is 2. The lowest BCUT2D eigenvalue weighted by atomic mass is 10.1. The number of nitrogens with one attached hydrogen (secondary N) is 2. The van der Waals surface area contributed by atoms with Crippen molar-refractivity contribution in [2.24, 2.45) is 0 Å². The van der Waals surface area contributed by atoms with Gasteiger partial charge in [-0.15, -0.1) is 0 Å². The topological polar surface area (TPSA) is 58.2 Å². The van der Waals surface area contributed by atoms with E-state index in [1.54, 1.807) is 12.1 Å². The Morgan fingerprint density at radius 2 is 1.50 bits per heavy atom. The van der Waals surface area contributed by atoms with Crippen LogP contribution in [0.3, 0.4) is 0 Å². The summed E-state index contributed by atoms with van der Waals surface area (Å²) in [6.07, 6.45) is 0. The standard InChI is InChI=1S/C17H22N2O2S/c1-17(2,3)19-22(20,21)16-8-6-5-7-15(16)13-9-11-14(18-4)12-10-13/h5-12,18-19H,1-4H3. The Balaban J connectivity index is 2.51. The zero-order valence-electron chi connectivity index (χ0n) is 13.3. The third kappa shape index (κ3) is 3.87. The van der Waals surface area contributed by atoms with Crippen LogP contribution < -0.4 is 10.0 Å². The quantitative estimate of drug-likeness (QED) is 0.907. The highest BCUT2D eigenvalue weighted by Gasteiger charge is 2.24. The van der Waals surface area contributed by atoms with Crippen LogP contribution in [0.2, 0.25) is 0 Å². The number of hydrogen-bond donors (Lipinski definition) is 2. The Morgan fingerprint density at radius 1 is 0.909 bits per heavy atom. The van der Waals surface area contributed by atoms with Crippen molar-refractivity contribution >= 4 is 15.7 Å². The van der Waals surface area contributed by atoms with Gasteiger partial charge in [-0.25, -0.2) is 13.1 Å². The van der Waals surface area contributed by atoms with Crippen molar-refractivity contribution in [3.05, 3.63) is 48.5 Å². The van der Waals surface area contributed by atoms with Gasteiger partial charge in [0.2, 0.25) is 10.0 Å². The second-order valence-electron chi connectivity index (χ2n) is 6.18. The van der Waals surface area contributed by atoms with E-state index in [4.69, 9.17) is 0 Å². The highest BCUT2D eigenvalue weighted by molar-refractivity contribution is 7.89. The van der Waals surface area contributed by atoms with E-state index in [0.29, 0.717) is 10.5 Å². The molecule has 2 N–H and O–H groups in total. The summed E-state index contributed by atoms with van der Waals surface area (Å²) in [4.78, 5) is 0.294. The van der Waals surface area contributed by atoms with Gasteiger partial charge in [0.1, 0.15) is 0 Å². The number of sulfonamides is 1. The molecule has 118 valence electrons. The Morgan fingerprint density at radius 3 is 2.05 bits per heavy atom. The first-order chi connectivity index (χ1) is 10.2. The van der Waals surface area contributed by atoms with Gasteiger partial charge in [-0.3, -0.25) is 0 Å². The highest BCUT2D eigenvalue weighted by Crippen LogP contribution is 2.28. The molecule has 0 fully saturated rings. The lowest BCUT2D eigenvalue weighted by Crippen LogP contribution is -2.40. The van der Waals surface area contributed by atoms with Crippen LogP contribution in [0.4, 0.5) is 5.69 Å². The minimum Gasteiger partial charge on any atom is -0.388 e. The summed E-state index contributed by atoms with van der Waals surface area (Å²) < 4.78 is 28.0. The van der Waals surface area contributed by atoms with Crippen molar-refractivity contribution in [3.63, 3.8) is 0 Å². The molecule has 0 aliphatic carbocycles. The first-order valence-corrected chi connectivity index (χ1v) is 8.62. The molecular weight excluding hydrogens is 296 g/mol. The van der Waals surface area contributed by atoms with Gasteiger partial charge in [0.05, 0.1) is 4.90 Å². The van der Waals surface area contributed by atoms with Crippen molar-refractivity contribution in [2.45, 2.75) is 31.2 Å². The summed E-state index contributed by atoms with van der Waals surface area (Å²) in [5.74, 6) is 0. The molecule has 5 heteroatoms.